The first-order valence-electron chi connectivity index (χ1n) is 10.2. The van der Waals surface area contributed by atoms with E-state index in [-0.39, 0.29) is 24.2 Å². The van der Waals surface area contributed by atoms with Crippen molar-refractivity contribution in [3.8, 4) is 0 Å². The Morgan fingerprint density at radius 1 is 1.29 bits per heavy atom. The molecule has 0 spiro atoms. The van der Waals surface area contributed by atoms with E-state index in [0.29, 0.717) is 19.6 Å². The van der Waals surface area contributed by atoms with Crippen molar-refractivity contribution in [1.82, 2.24) is 20.4 Å². The van der Waals surface area contributed by atoms with Crippen molar-refractivity contribution in [3.63, 3.8) is 0 Å². The highest BCUT2D eigenvalue weighted by Gasteiger charge is 2.27. The van der Waals surface area contributed by atoms with Gasteiger partial charge in [-0.2, -0.15) is 0 Å². The third kappa shape index (κ3) is 5.61. The second kappa shape index (κ2) is 10.1. The number of urea groups is 1. The quantitative estimate of drug-likeness (QED) is 0.785. The molecule has 2 aliphatic heterocycles. The normalized spacial score (nSPS) is 22.5. The number of nitrogens with zero attached hydrogens (tertiary/aromatic N) is 2. The third-order valence-electron chi connectivity index (χ3n) is 5.78. The number of rotatable bonds is 5. The predicted molar refractivity (Wildman–Crippen MR) is 111 cm³/mol. The number of amides is 3. The Morgan fingerprint density at radius 2 is 2.07 bits per heavy atom. The molecule has 3 heterocycles. The van der Waals surface area contributed by atoms with Gasteiger partial charge in [0.1, 0.15) is 0 Å². The van der Waals surface area contributed by atoms with Crippen LogP contribution in [0.25, 0.3) is 0 Å². The van der Waals surface area contributed by atoms with E-state index in [9.17, 15) is 9.59 Å². The van der Waals surface area contributed by atoms with Crippen LogP contribution in [-0.4, -0.2) is 67.8 Å². The number of nitrogens with one attached hydrogen (secondary N) is 2. The number of piperidine rings is 2. The molecule has 1 aromatic rings. The van der Waals surface area contributed by atoms with Gasteiger partial charge in [0.2, 0.25) is 0 Å². The first-order chi connectivity index (χ1) is 13.6. The Kier molecular flexibility index (Phi) is 7.56. The Morgan fingerprint density at radius 3 is 2.75 bits per heavy atom. The first-order valence-corrected chi connectivity index (χ1v) is 11.1. The average Bonchev–Trinajstić information content (AvgIpc) is 3.23. The maximum absolute atomic E-state index is 12.5. The summed E-state index contributed by atoms with van der Waals surface area (Å²) in [6.07, 6.45) is 3.83. The summed E-state index contributed by atoms with van der Waals surface area (Å²) in [5, 5.41) is 8.18. The van der Waals surface area contributed by atoms with Crippen LogP contribution in [0.4, 0.5) is 9.59 Å². The minimum atomic E-state index is -0.330. The molecule has 3 rings (SSSR count). The zero-order valence-electron chi connectivity index (χ0n) is 16.9. The number of methoxy groups -OCH3 is 1. The van der Waals surface area contributed by atoms with Crippen molar-refractivity contribution in [2.75, 3.05) is 39.8 Å². The van der Waals surface area contributed by atoms with Gasteiger partial charge < -0.3 is 20.3 Å². The summed E-state index contributed by atoms with van der Waals surface area (Å²) in [6, 6.07) is 4.24. The van der Waals surface area contributed by atoms with Gasteiger partial charge in [0.15, 0.2) is 0 Å². The summed E-state index contributed by atoms with van der Waals surface area (Å²) in [7, 11) is 1.39. The highest BCUT2D eigenvalue weighted by Crippen LogP contribution is 2.29. The summed E-state index contributed by atoms with van der Waals surface area (Å²) in [5.41, 5.74) is 0. The zero-order valence-corrected chi connectivity index (χ0v) is 17.7. The molecule has 0 radical (unpaired) electrons. The monoisotopic (exact) mass is 408 g/mol. The number of carbonyl (C=O) groups excluding carboxylic acids is 2. The van der Waals surface area contributed by atoms with Crippen molar-refractivity contribution >= 4 is 23.5 Å². The minimum absolute atomic E-state index is 0.0381. The summed E-state index contributed by atoms with van der Waals surface area (Å²) in [5.74, 6) is 0.778. The van der Waals surface area contributed by atoms with Crippen LogP contribution in [-0.2, 0) is 4.74 Å². The number of ether oxygens (including phenoxy) is 1. The van der Waals surface area contributed by atoms with E-state index in [1.807, 2.05) is 0 Å². The number of hydrogen-bond donors (Lipinski definition) is 2. The number of likely N-dealkylation sites (tertiary alicyclic amines) is 2. The van der Waals surface area contributed by atoms with Gasteiger partial charge >= 0.3 is 12.1 Å². The topological polar surface area (TPSA) is 73.9 Å². The molecular weight excluding hydrogens is 376 g/mol. The highest BCUT2D eigenvalue weighted by atomic mass is 32.1. The molecule has 28 heavy (non-hydrogen) atoms. The first kappa shape index (κ1) is 20.9. The summed E-state index contributed by atoms with van der Waals surface area (Å²) in [4.78, 5) is 29.6. The average molecular weight is 409 g/mol. The maximum atomic E-state index is 12.5. The van der Waals surface area contributed by atoms with Crippen molar-refractivity contribution in [3.05, 3.63) is 22.4 Å². The standard InChI is InChI=1S/C20H32N4O3S/c1-15-7-10-23(11-8-15)17(18-6-4-12-28-18)13-21-19(25)22-16-5-3-9-24(14-16)20(26)27-2/h4,6,12,15-17H,3,5,7-11,13-14H2,1-2H3,(H2,21,22,25). The van der Waals surface area contributed by atoms with E-state index >= 15 is 0 Å². The van der Waals surface area contributed by atoms with Gasteiger partial charge in [-0.15, -0.1) is 11.3 Å². The molecule has 2 N–H and O–H groups in total. The second-order valence-electron chi connectivity index (χ2n) is 7.86. The van der Waals surface area contributed by atoms with Crippen LogP contribution in [0, 0.1) is 5.92 Å². The van der Waals surface area contributed by atoms with Gasteiger partial charge in [-0.05, 0) is 56.1 Å². The third-order valence-corrected chi connectivity index (χ3v) is 6.75. The van der Waals surface area contributed by atoms with Gasteiger partial charge in [0.25, 0.3) is 0 Å². The zero-order chi connectivity index (χ0) is 19.9. The van der Waals surface area contributed by atoms with Crippen LogP contribution >= 0.6 is 11.3 Å². The van der Waals surface area contributed by atoms with E-state index in [0.717, 1.165) is 31.8 Å². The molecule has 0 aliphatic carbocycles. The fraction of sp³-hybridized carbons (Fsp3) is 0.700. The molecule has 0 saturated carbocycles. The molecular formula is C20H32N4O3S. The molecule has 0 bridgehead atoms. The van der Waals surface area contributed by atoms with Gasteiger partial charge in [-0.25, -0.2) is 9.59 Å². The van der Waals surface area contributed by atoms with E-state index in [1.54, 1.807) is 16.2 Å². The Bertz CT molecular complexity index is 631. The van der Waals surface area contributed by atoms with E-state index in [4.69, 9.17) is 4.74 Å². The van der Waals surface area contributed by atoms with Crippen molar-refractivity contribution in [1.29, 1.82) is 0 Å². The predicted octanol–water partition coefficient (Wildman–Crippen LogP) is 3.05. The van der Waals surface area contributed by atoms with Gasteiger partial charge in [-0.1, -0.05) is 13.0 Å². The Labute approximate surface area is 171 Å². The van der Waals surface area contributed by atoms with Crippen LogP contribution in [0.5, 0.6) is 0 Å². The molecule has 2 atom stereocenters. The van der Waals surface area contributed by atoms with Gasteiger partial charge in [-0.3, -0.25) is 4.90 Å². The summed E-state index contributed by atoms with van der Waals surface area (Å²) < 4.78 is 4.79. The van der Waals surface area contributed by atoms with Crippen molar-refractivity contribution < 1.29 is 14.3 Å². The summed E-state index contributed by atoms with van der Waals surface area (Å²) in [6.45, 7) is 6.23. The Hall–Kier alpha value is -1.80. The smallest absolute Gasteiger partial charge is 0.409 e. The molecule has 2 aliphatic rings. The van der Waals surface area contributed by atoms with Gasteiger partial charge in [0.05, 0.1) is 13.2 Å². The molecule has 0 aromatic carbocycles. The van der Waals surface area contributed by atoms with Crippen LogP contribution < -0.4 is 10.6 Å². The molecule has 8 heteroatoms. The van der Waals surface area contributed by atoms with E-state index < -0.39 is 0 Å². The molecule has 2 unspecified atom stereocenters. The highest BCUT2D eigenvalue weighted by molar-refractivity contribution is 7.10. The Balaban J connectivity index is 1.51. The molecule has 2 saturated heterocycles. The molecule has 2 fully saturated rings. The van der Waals surface area contributed by atoms with Crippen LogP contribution in [0.1, 0.15) is 43.5 Å². The number of thiophene rings is 1. The number of hydrogen-bond acceptors (Lipinski definition) is 5. The fourth-order valence-corrected chi connectivity index (χ4v) is 4.91. The molecule has 7 nitrogen and oxygen atoms in total. The van der Waals surface area contributed by atoms with Gasteiger partial charge in [0, 0.05) is 30.6 Å². The molecule has 1 aromatic heterocycles. The lowest BCUT2D eigenvalue weighted by Crippen LogP contribution is -2.52. The largest absolute Gasteiger partial charge is 0.453 e. The lowest BCUT2D eigenvalue weighted by atomic mass is 9.97. The maximum Gasteiger partial charge on any atom is 0.409 e. The molecule has 3 amide bonds. The number of carbonyl (C=O) groups is 2. The lowest BCUT2D eigenvalue weighted by Gasteiger charge is -2.36. The van der Waals surface area contributed by atoms with Crippen LogP contribution in [0.2, 0.25) is 0 Å². The van der Waals surface area contributed by atoms with E-state index in [1.165, 1.54) is 24.8 Å². The minimum Gasteiger partial charge on any atom is -0.453 e. The SMILES string of the molecule is COC(=O)N1CCCC(NC(=O)NCC(c2cccs2)N2CCC(C)CC2)C1. The van der Waals surface area contributed by atoms with Crippen LogP contribution in [0.3, 0.4) is 0 Å². The summed E-state index contributed by atoms with van der Waals surface area (Å²) >= 11 is 1.75. The molecule has 156 valence electrons. The lowest BCUT2D eigenvalue weighted by molar-refractivity contribution is 0.107. The van der Waals surface area contributed by atoms with Crippen molar-refractivity contribution in [2.24, 2.45) is 5.92 Å². The van der Waals surface area contributed by atoms with E-state index in [2.05, 4.69) is 40.0 Å². The second-order valence-corrected chi connectivity index (χ2v) is 8.84. The van der Waals surface area contributed by atoms with Crippen molar-refractivity contribution in [2.45, 2.75) is 44.7 Å². The fourth-order valence-electron chi connectivity index (χ4n) is 4.05. The van der Waals surface area contributed by atoms with Crippen LogP contribution in [0.15, 0.2) is 17.5 Å².